The molecule has 0 aliphatic carbocycles. The number of rotatable bonds is 3. The number of benzene rings is 1. The molecule has 0 spiro atoms. The molecule has 1 amide bonds. The molecule has 2 aromatic rings. The fraction of sp³-hybridized carbons (Fsp3) is 0.143. The van der Waals surface area contributed by atoms with Gasteiger partial charge in [-0.2, -0.15) is 5.10 Å². The van der Waals surface area contributed by atoms with E-state index in [0.717, 1.165) is 4.47 Å². The molecule has 2 rings (SSSR count). The summed E-state index contributed by atoms with van der Waals surface area (Å²) in [6, 6.07) is 6.58. The van der Waals surface area contributed by atoms with E-state index in [1.807, 2.05) is 0 Å². The molecule has 104 valence electrons. The number of phenols is 1. The van der Waals surface area contributed by atoms with Crippen LogP contribution in [0.2, 0.25) is 0 Å². The van der Waals surface area contributed by atoms with Crippen LogP contribution in [0.5, 0.6) is 5.75 Å². The average molecular weight is 337 g/mol. The van der Waals surface area contributed by atoms with Crippen LogP contribution in [0.1, 0.15) is 28.6 Å². The van der Waals surface area contributed by atoms with Crippen molar-refractivity contribution in [1.82, 2.24) is 5.43 Å². The number of carbonyl (C=O) groups excluding carboxylic acids is 1. The minimum absolute atomic E-state index is 0.100. The van der Waals surface area contributed by atoms with Gasteiger partial charge in [-0.05, 0) is 38.1 Å². The van der Waals surface area contributed by atoms with Crippen LogP contribution in [0, 0.1) is 6.92 Å². The Morgan fingerprint density at radius 1 is 1.35 bits per heavy atom. The summed E-state index contributed by atoms with van der Waals surface area (Å²) < 4.78 is 5.87. The number of amides is 1. The highest BCUT2D eigenvalue weighted by Gasteiger charge is 2.11. The summed E-state index contributed by atoms with van der Waals surface area (Å²) in [5.74, 6) is 0.272. The van der Waals surface area contributed by atoms with E-state index in [4.69, 9.17) is 4.42 Å². The second kappa shape index (κ2) is 5.92. The normalized spacial score (nSPS) is 11.4. The van der Waals surface area contributed by atoms with E-state index in [1.165, 1.54) is 6.26 Å². The summed E-state index contributed by atoms with van der Waals surface area (Å²) >= 11 is 3.32. The van der Waals surface area contributed by atoms with Crippen LogP contribution < -0.4 is 5.43 Å². The Bertz CT molecular complexity index is 677. The Morgan fingerprint density at radius 2 is 2.10 bits per heavy atom. The van der Waals surface area contributed by atoms with Crippen molar-refractivity contribution in [2.45, 2.75) is 13.8 Å². The first-order chi connectivity index (χ1) is 9.49. The van der Waals surface area contributed by atoms with E-state index in [1.54, 1.807) is 38.1 Å². The zero-order valence-electron chi connectivity index (χ0n) is 11.0. The maximum Gasteiger partial charge on any atom is 0.274 e. The van der Waals surface area contributed by atoms with Crippen LogP contribution in [0.3, 0.4) is 0 Å². The first kappa shape index (κ1) is 14.3. The highest BCUT2D eigenvalue weighted by Crippen LogP contribution is 2.22. The van der Waals surface area contributed by atoms with Gasteiger partial charge in [0.1, 0.15) is 11.5 Å². The van der Waals surface area contributed by atoms with Crippen LogP contribution in [0.25, 0.3) is 0 Å². The van der Waals surface area contributed by atoms with Crippen molar-refractivity contribution in [3.8, 4) is 5.75 Å². The lowest BCUT2D eigenvalue weighted by Gasteiger charge is -2.05. The standard InChI is InChI=1S/C14H13BrN2O3/c1-8(12-7-10(15)3-4-13(12)18)16-17-14(19)11-5-6-20-9(11)2/h3-7,18H,1-2H3,(H,17,19)/b16-8+. The molecule has 0 saturated heterocycles. The third-order valence-corrected chi connectivity index (χ3v) is 3.27. The minimum atomic E-state index is -0.356. The van der Waals surface area contributed by atoms with Gasteiger partial charge in [0, 0.05) is 10.0 Å². The quantitative estimate of drug-likeness (QED) is 0.667. The molecule has 0 bridgehead atoms. The number of aromatic hydroxyl groups is 1. The van der Waals surface area contributed by atoms with Gasteiger partial charge in [0.2, 0.25) is 0 Å². The van der Waals surface area contributed by atoms with E-state index < -0.39 is 0 Å². The Morgan fingerprint density at radius 3 is 2.75 bits per heavy atom. The topological polar surface area (TPSA) is 74.8 Å². The lowest BCUT2D eigenvalue weighted by Crippen LogP contribution is -2.19. The molecule has 0 fully saturated rings. The van der Waals surface area contributed by atoms with Crippen molar-refractivity contribution in [3.05, 3.63) is 51.9 Å². The number of nitrogens with one attached hydrogen (secondary N) is 1. The van der Waals surface area contributed by atoms with Gasteiger partial charge in [-0.25, -0.2) is 5.43 Å². The van der Waals surface area contributed by atoms with Crippen molar-refractivity contribution < 1.29 is 14.3 Å². The first-order valence-electron chi connectivity index (χ1n) is 5.86. The van der Waals surface area contributed by atoms with Gasteiger partial charge in [-0.15, -0.1) is 0 Å². The maximum absolute atomic E-state index is 11.9. The Hall–Kier alpha value is -2.08. The molecule has 2 N–H and O–H groups in total. The van der Waals surface area contributed by atoms with Crippen LogP contribution in [-0.4, -0.2) is 16.7 Å². The second-order valence-electron chi connectivity index (χ2n) is 4.19. The molecule has 1 aromatic carbocycles. The molecule has 0 aliphatic rings. The monoisotopic (exact) mass is 336 g/mol. The Balaban J connectivity index is 2.17. The van der Waals surface area contributed by atoms with Crippen molar-refractivity contribution in [1.29, 1.82) is 0 Å². The number of nitrogens with zero attached hydrogens (tertiary/aromatic N) is 1. The van der Waals surface area contributed by atoms with E-state index in [2.05, 4.69) is 26.5 Å². The van der Waals surface area contributed by atoms with Crippen molar-refractivity contribution >= 4 is 27.5 Å². The molecule has 0 unspecified atom stereocenters. The predicted molar refractivity (Wildman–Crippen MR) is 78.9 cm³/mol. The highest BCUT2D eigenvalue weighted by molar-refractivity contribution is 9.10. The molecule has 0 atom stereocenters. The van der Waals surface area contributed by atoms with E-state index in [-0.39, 0.29) is 11.7 Å². The molecule has 5 nitrogen and oxygen atoms in total. The predicted octanol–water partition coefficient (Wildman–Crippen LogP) is 3.21. The lowest BCUT2D eigenvalue weighted by atomic mass is 10.1. The van der Waals surface area contributed by atoms with E-state index >= 15 is 0 Å². The van der Waals surface area contributed by atoms with Gasteiger partial charge in [0.05, 0.1) is 17.5 Å². The number of aryl methyl sites for hydroxylation is 1. The molecular weight excluding hydrogens is 324 g/mol. The van der Waals surface area contributed by atoms with Crippen molar-refractivity contribution in [2.75, 3.05) is 0 Å². The lowest BCUT2D eigenvalue weighted by molar-refractivity contribution is 0.0953. The molecule has 0 aliphatic heterocycles. The second-order valence-corrected chi connectivity index (χ2v) is 5.11. The first-order valence-corrected chi connectivity index (χ1v) is 6.66. The number of phenolic OH excluding ortho intramolecular Hbond substituents is 1. The number of furan rings is 1. The highest BCUT2D eigenvalue weighted by atomic mass is 79.9. The SMILES string of the molecule is C/C(=N\NC(=O)c1ccoc1C)c1cc(Br)ccc1O. The van der Waals surface area contributed by atoms with Crippen LogP contribution in [0.15, 0.2) is 44.5 Å². The molecule has 0 saturated carbocycles. The average Bonchev–Trinajstić information content (AvgIpc) is 2.84. The summed E-state index contributed by atoms with van der Waals surface area (Å²) in [5, 5.41) is 13.8. The van der Waals surface area contributed by atoms with Crippen LogP contribution >= 0.6 is 15.9 Å². The zero-order valence-corrected chi connectivity index (χ0v) is 12.6. The molecular formula is C14H13BrN2O3. The van der Waals surface area contributed by atoms with E-state index in [9.17, 15) is 9.90 Å². The number of carbonyl (C=O) groups is 1. The van der Waals surface area contributed by atoms with Gasteiger partial charge >= 0.3 is 0 Å². The fourth-order valence-electron chi connectivity index (χ4n) is 1.67. The van der Waals surface area contributed by atoms with E-state index in [0.29, 0.717) is 22.6 Å². The van der Waals surface area contributed by atoms with Gasteiger partial charge in [-0.1, -0.05) is 15.9 Å². The summed E-state index contributed by atoms with van der Waals surface area (Å²) in [6.45, 7) is 3.40. The Kier molecular flexibility index (Phi) is 4.24. The number of hydrogen-bond donors (Lipinski definition) is 2. The fourth-order valence-corrected chi connectivity index (χ4v) is 2.03. The number of hydrazone groups is 1. The third-order valence-electron chi connectivity index (χ3n) is 2.78. The van der Waals surface area contributed by atoms with Crippen molar-refractivity contribution in [2.24, 2.45) is 5.10 Å². The van der Waals surface area contributed by atoms with Gasteiger partial charge < -0.3 is 9.52 Å². The van der Waals surface area contributed by atoms with Gasteiger partial charge in [-0.3, -0.25) is 4.79 Å². The van der Waals surface area contributed by atoms with Gasteiger partial charge in [0.25, 0.3) is 5.91 Å². The molecule has 1 aromatic heterocycles. The Labute approximate surface area is 124 Å². The maximum atomic E-state index is 11.9. The molecule has 1 heterocycles. The number of halogens is 1. The van der Waals surface area contributed by atoms with Crippen LogP contribution in [-0.2, 0) is 0 Å². The molecule has 20 heavy (non-hydrogen) atoms. The summed E-state index contributed by atoms with van der Waals surface area (Å²) in [6.07, 6.45) is 1.45. The smallest absolute Gasteiger partial charge is 0.274 e. The van der Waals surface area contributed by atoms with Gasteiger partial charge in [0.15, 0.2) is 0 Å². The third kappa shape index (κ3) is 3.08. The van der Waals surface area contributed by atoms with Crippen LogP contribution in [0.4, 0.5) is 0 Å². The molecule has 0 radical (unpaired) electrons. The largest absolute Gasteiger partial charge is 0.507 e. The molecule has 6 heteroatoms. The van der Waals surface area contributed by atoms with Crippen molar-refractivity contribution in [3.63, 3.8) is 0 Å². The summed E-state index contributed by atoms with van der Waals surface area (Å²) in [4.78, 5) is 11.9. The summed E-state index contributed by atoms with van der Waals surface area (Å²) in [5.41, 5.74) is 3.91. The zero-order chi connectivity index (χ0) is 14.7. The summed E-state index contributed by atoms with van der Waals surface area (Å²) in [7, 11) is 0. The minimum Gasteiger partial charge on any atom is -0.507 e. The number of hydrogen-bond acceptors (Lipinski definition) is 4.